The van der Waals surface area contributed by atoms with Gasteiger partial charge in [0.1, 0.15) is 11.1 Å². The Balaban J connectivity index is 2.18. The van der Waals surface area contributed by atoms with Gasteiger partial charge in [-0.3, -0.25) is 0 Å². The minimum absolute atomic E-state index is 0.124. The molecule has 0 aliphatic carbocycles. The van der Waals surface area contributed by atoms with Gasteiger partial charge in [-0.2, -0.15) is 0 Å². The van der Waals surface area contributed by atoms with Gasteiger partial charge in [-0.15, -0.1) is 0 Å². The molecular formula is C13H14N2O4S. The zero-order valence-corrected chi connectivity index (χ0v) is 11.5. The Labute approximate surface area is 116 Å². The van der Waals surface area contributed by atoms with E-state index in [9.17, 15) is 13.2 Å². The lowest BCUT2D eigenvalue weighted by molar-refractivity contribution is 0.0698. The summed E-state index contributed by atoms with van der Waals surface area (Å²) in [5, 5.41) is 8.51. The summed E-state index contributed by atoms with van der Waals surface area (Å²) in [5.74, 6) is -0.457. The number of carboxylic acid groups (broad SMARTS) is 1. The van der Waals surface area contributed by atoms with Crippen LogP contribution in [0, 0.1) is 0 Å². The lowest BCUT2D eigenvalue weighted by atomic mass is 10.2. The maximum atomic E-state index is 12.2. The number of hydrogen-bond donors (Lipinski definition) is 1. The lowest BCUT2D eigenvalue weighted by Crippen LogP contribution is -2.23. The maximum absolute atomic E-state index is 12.2. The quantitative estimate of drug-likeness (QED) is 0.910. The number of sulfone groups is 1. The zero-order valence-electron chi connectivity index (χ0n) is 10.7. The third-order valence-electron chi connectivity index (χ3n) is 3.70. The monoisotopic (exact) mass is 294 g/mol. The van der Waals surface area contributed by atoms with Gasteiger partial charge in [0.15, 0.2) is 9.84 Å². The van der Waals surface area contributed by atoms with Crippen molar-refractivity contribution in [2.45, 2.75) is 24.5 Å². The number of rotatable bonds is 2. The Morgan fingerprint density at radius 2 is 2.20 bits per heavy atom. The number of hydrogen-bond acceptors (Lipinski definition) is 4. The number of carboxylic acids is 1. The Bertz CT molecular complexity index is 779. The van der Waals surface area contributed by atoms with Gasteiger partial charge in [-0.1, -0.05) is 6.42 Å². The fourth-order valence-electron chi connectivity index (χ4n) is 2.71. The van der Waals surface area contributed by atoms with Crippen molar-refractivity contribution in [3.63, 3.8) is 0 Å². The highest BCUT2D eigenvalue weighted by molar-refractivity contribution is 7.91. The second-order valence-electron chi connectivity index (χ2n) is 4.95. The minimum Gasteiger partial charge on any atom is -0.478 e. The zero-order chi connectivity index (χ0) is 14.3. The topological polar surface area (TPSA) is 88.7 Å². The first-order valence-corrected chi connectivity index (χ1v) is 8.13. The number of pyridine rings is 1. The first-order valence-electron chi connectivity index (χ1n) is 6.41. The van der Waals surface area contributed by atoms with E-state index < -0.39 is 21.1 Å². The van der Waals surface area contributed by atoms with Crippen molar-refractivity contribution in [1.82, 2.24) is 9.38 Å². The number of fused-ring (bicyclic) bond motifs is 1. The van der Waals surface area contributed by atoms with Crippen LogP contribution < -0.4 is 0 Å². The standard InChI is InChI=1S/C13H14N2O4S/c16-13(17)9-4-3-6-15-10(9)8-14-12(15)11-5-1-2-7-20(11,18)19/h3-4,6,8,11H,1-2,5,7H2,(H,16,17). The summed E-state index contributed by atoms with van der Waals surface area (Å²) in [6, 6.07) is 3.08. The van der Waals surface area contributed by atoms with E-state index in [-0.39, 0.29) is 11.3 Å². The summed E-state index contributed by atoms with van der Waals surface area (Å²) in [5.41, 5.74) is 0.551. The number of carbonyl (C=O) groups is 1. The lowest BCUT2D eigenvalue weighted by Gasteiger charge is -2.21. The number of nitrogens with zero attached hydrogens (tertiary/aromatic N) is 2. The molecule has 1 aliphatic heterocycles. The van der Waals surface area contributed by atoms with Crippen LogP contribution in [-0.4, -0.2) is 34.6 Å². The summed E-state index contributed by atoms with van der Waals surface area (Å²) in [6.07, 6.45) is 5.16. The molecule has 1 unspecified atom stereocenters. The molecule has 20 heavy (non-hydrogen) atoms. The number of aromatic carboxylic acids is 1. The van der Waals surface area contributed by atoms with Gasteiger partial charge in [-0.05, 0) is 25.0 Å². The number of aromatic nitrogens is 2. The molecule has 1 aliphatic rings. The second kappa shape index (κ2) is 4.59. The van der Waals surface area contributed by atoms with Crippen LogP contribution in [0.25, 0.3) is 5.52 Å². The first-order chi connectivity index (χ1) is 9.50. The van der Waals surface area contributed by atoms with Gasteiger partial charge in [-0.25, -0.2) is 18.2 Å². The fourth-order valence-corrected chi connectivity index (χ4v) is 4.62. The third kappa shape index (κ3) is 1.98. The van der Waals surface area contributed by atoms with E-state index in [0.717, 1.165) is 6.42 Å². The largest absolute Gasteiger partial charge is 0.478 e. The molecule has 3 heterocycles. The van der Waals surface area contributed by atoms with Crippen LogP contribution in [0.4, 0.5) is 0 Å². The molecule has 2 aromatic heterocycles. The van der Waals surface area contributed by atoms with E-state index in [1.54, 1.807) is 16.7 Å². The fraction of sp³-hybridized carbons (Fsp3) is 0.385. The predicted octanol–water partition coefficient (Wildman–Crippen LogP) is 1.67. The SMILES string of the molecule is O=C(O)c1cccn2c(C3CCCCS3(=O)=O)ncc12. The summed E-state index contributed by atoms with van der Waals surface area (Å²) in [7, 11) is -3.20. The van der Waals surface area contributed by atoms with Crippen LogP contribution in [0.3, 0.4) is 0 Å². The highest BCUT2D eigenvalue weighted by Gasteiger charge is 2.33. The molecule has 0 spiro atoms. The Morgan fingerprint density at radius 1 is 1.40 bits per heavy atom. The van der Waals surface area contributed by atoms with Crippen LogP contribution in [0.15, 0.2) is 24.5 Å². The van der Waals surface area contributed by atoms with E-state index in [1.165, 1.54) is 12.3 Å². The van der Waals surface area contributed by atoms with Gasteiger partial charge in [0.25, 0.3) is 0 Å². The van der Waals surface area contributed by atoms with Gasteiger partial charge < -0.3 is 9.51 Å². The van der Waals surface area contributed by atoms with Crippen molar-refractivity contribution in [2.75, 3.05) is 5.75 Å². The minimum atomic E-state index is -3.20. The van der Waals surface area contributed by atoms with Crippen LogP contribution in [0.2, 0.25) is 0 Å². The molecule has 106 valence electrons. The van der Waals surface area contributed by atoms with E-state index >= 15 is 0 Å². The van der Waals surface area contributed by atoms with Gasteiger partial charge >= 0.3 is 5.97 Å². The normalized spacial score (nSPS) is 21.9. The maximum Gasteiger partial charge on any atom is 0.337 e. The number of imidazole rings is 1. The molecule has 1 saturated heterocycles. The van der Waals surface area contributed by atoms with Crippen molar-refractivity contribution in [2.24, 2.45) is 0 Å². The second-order valence-corrected chi connectivity index (χ2v) is 7.25. The van der Waals surface area contributed by atoms with Crippen LogP contribution in [0.1, 0.15) is 40.7 Å². The van der Waals surface area contributed by atoms with Gasteiger partial charge in [0.05, 0.1) is 23.0 Å². The van der Waals surface area contributed by atoms with Gasteiger partial charge in [0.2, 0.25) is 0 Å². The van der Waals surface area contributed by atoms with Crippen LogP contribution >= 0.6 is 0 Å². The molecular weight excluding hydrogens is 280 g/mol. The summed E-state index contributed by atoms with van der Waals surface area (Å²) in [4.78, 5) is 15.3. The van der Waals surface area contributed by atoms with Crippen LogP contribution in [-0.2, 0) is 9.84 Å². The molecule has 0 radical (unpaired) electrons. The highest BCUT2D eigenvalue weighted by Crippen LogP contribution is 2.33. The average molecular weight is 294 g/mol. The Hall–Kier alpha value is -1.89. The van der Waals surface area contributed by atoms with Gasteiger partial charge in [0, 0.05) is 6.20 Å². The molecule has 0 bridgehead atoms. The summed E-state index contributed by atoms with van der Waals surface area (Å²) >= 11 is 0. The van der Waals surface area contributed by atoms with E-state index in [0.29, 0.717) is 24.2 Å². The van der Waals surface area contributed by atoms with E-state index in [4.69, 9.17) is 5.11 Å². The third-order valence-corrected chi connectivity index (χ3v) is 5.87. The molecule has 2 aromatic rings. The molecule has 1 N–H and O–H groups in total. The molecule has 0 saturated carbocycles. The van der Waals surface area contributed by atoms with Crippen molar-refractivity contribution in [3.8, 4) is 0 Å². The Kier molecular flexibility index (Phi) is 3.01. The van der Waals surface area contributed by atoms with E-state index in [2.05, 4.69) is 4.98 Å². The smallest absolute Gasteiger partial charge is 0.337 e. The molecule has 1 fully saturated rings. The van der Waals surface area contributed by atoms with Crippen molar-refractivity contribution < 1.29 is 18.3 Å². The highest BCUT2D eigenvalue weighted by atomic mass is 32.2. The molecule has 1 atom stereocenters. The predicted molar refractivity (Wildman–Crippen MR) is 72.5 cm³/mol. The molecule has 7 heteroatoms. The molecule has 0 aromatic carbocycles. The van der Waals surface area contributed by atoms with Crippen molar-refractivity contribution in [1.29, 1.82) is 0 Å². The van der Waals surface area contributed by atoms with E-state index in [1.807, 2.05) is 0 Å². The molecule has 3 rings (SSSR count). The first kappa shape index (κ1) is 13.1. The average Bonchev–Trinajstić information content (AvgIpc) is 2.81. The summed E-state index contributed by atoms with van der Waals surface area (Å²) in [6.45, 7) is 0. The van der Waals surface area contributed by atoms with Crippen LogP contribution in [0.5, 0.6) is 0 Å². The summed E-state index contributed by atoms with van der Waals surface area (Å²) < 4.78 is 25.9. The van der Waals surface area contributed by atoms with Crippen molar-refractivity contribution in [3.05, 3.63) is 35.9 Å². The Morgan fingerprint density at radius 3 is 2.90 bits per heavy atom. The molecule has 6 nitrogen and oxygen atoms in total. The molecule has 0 amide bonds. The van der Waals surface area contributed by atoms with Crippen molar-refractivity contribution >= 4 is 21.3 Å².